The lowest BCUT2D eigenvalue weighted by atomic mass is 9.80. The van der Waals surface area contributed by atoms with E-state index in [4.69, 9.17) is 0 Å². The van der Waals surface area contributed by atoms with Crippen molar-refractivity contribution >= 4 is 6.98 Å². The number of hydrogen-bond donors (Lipinski definition) is 0. The van der Waals surface area contributed by atoms with Gasteiger partial charge in [0.2, 0.25) is 0 Å². The fourth-order valence-corrected chi connectivity index (χ4v) is 0.819. The monoisotopic (exact) mass is 203 g/mol. The van der Waals surface area contributed by atoms with Crippen LogP contribution in [0.15, 0.2) is 35.4 Å². The van der Waals surface area contributed by atoms with E-state index in [1.165, 1.54) is 6.20 Å². The van der Waals surface area contributed by atoms with Crippen LogP contribution in [0.2, 0.25) is 0 Å². The predicted molar refractivity (Wildman–Crippen MR) is 46.7 cm³/mol. The molecule has 1 aromatic heterocycles. The van der Waals surface area contributed by atoms with Gasteiger partial charge in [-0.05, 0) is 0 Å². The highest BCUT2D eigenvalue weighted by Crippen LogP contribution is 2.18. The van der Waals surface area contributed by atoms with Crippen molar-refractivity contribution in [2.24, 2.45) is 0 Å². The van der Waals surface area contributed by atoms with Crippen LogP contribution in [-0.4, -0.2) is 16.5 Å². The molecule has 7 heteroatoms. The van der Waals surface area contributed by atoms with E-state index < -0.39 is 24.6 Å². The zero-order valence-corrected chi connectivity index (χ0v) is 7.16. The van der Waals surface area contributed by atoms with Gasteiger partial charge in [0, 0.05) is 18.8 Å². The molecule has 14 heavy (non-hydrogen) atoms. The third-order valence-corrected chi connectivity index (χ3v) is 1.63. The Labute approximate surface area is 78.0 Å². The summed E-state index contributed by atoms with van der Waals surface area (Å²) in [5.41, 5.74) is -1.44. The summed E-state index contributed by atoms with van der Waals surface area (Å²) in [5, 5.41) is 0. The minimum atomic E-state index is -5.09. The minimum Gasteiger partial charge on any atom is -0.445 e. The molecule has 0 fully saturated rings. The average molecular weight is 203 g/mol. The molecule has 0 amide bonds. The zero-order valence-electron chi connectivity index (χ0n) is 7.16. The van der Waals surface area contributed by atoms with Crippen LogP contribution in [-0.2, 0) is 6.54 Å². The maximum absolute atomic E-state index is 12.1. The Morgan fingerprint density at radius 1 is 1.57 bits per heavy atom. The lowest BCUT2D eigenvalue weighted by molar-refractivity contribution is 0.481. The Morgan fingerprint density at radius 3 is 2.71 bits per heavy atom. The molecular weight excluding hydrogens is 196 g/mol. The van der Waals surface area contributed by atoms with E-state index in [9.17, 15) is 17.7 Å². The fourth-order valence-electron chi connectivity index (χ4n) is 0.819. The van der Waals surface area contributed by atoms with Crippen molar-refractivity contribution < 1.29 is 12.9 Å². The van der Waals surface area contributed by atoms with Gasteiger partial charge in [-0.25, -0.2) is 4.98 Å². The van der Waals surface area contributed by atoms with Gasteiger partial charge in [0.15, 0.2) is 0 Å². The highest BCUT2D eigenvalue weighted by molar-refractivity contribution is 6.66. The van der Waals surface area contributed by atoms with Gasteiger partial charge in [0.1, 0.15) is 0 Å². The van der Waals surface area contributed by atoms with Gasteiger partial charge < -0.3 is 12.9 Å². The Kier molecular flexibility index (Phi) is 2.78. The second-order valence-corrected chi connectivity index (χ2v) is 2.78. The van der Waals surface area contributed by atoms with Gasteiger partial charge in [-0.1, -0.05) is 0 Å². The second kappa shape index (κ2) is 3.69. The maximum atomic E-state index is 12.1. The molecule has 0 radical (unpaired) electrons. The number of hydrogen-bond acceptors (Lipinski definition) is 2. The van der Waals surface area contributed by atoms with Crippen molar-refractivity contribution in [1.29, 1.82) is 0 Å². The van der Waals surface area contributed by atoms with Crippen LogP contribution in [0.4, 0.5) is 12.9 Å². The first-order valence-electron chi connectivity index (χ1n) is 3.79. The Balaban J connectivity index is 2.86. The normalized spacial score (nSPS) is 11.4. The minimum absolute atomic E-state index is 0.527. The molecule has 3 nitrogen and oxygen atoms in total. The third kappa shape index (κ3) is 2.48. The molecule has 0 unspecified atom stereocenters. The summed E-state index contributed by atoms with van der Waals surface area (Å²) in [4.78, 5) is 14.5. The van der Waals surface area contributed by atoms with Crippen molar-refractivity contribution in [3.05, 3.63) is 41.0 Å². The molecule has 0 aromatic carbocycles. The predicted octanol–water partition coefficient (Wildman–Crippen LogP) is 1.19. The number of rotatable bonds is 3. The molecule has 0 saturated heterocycles. The number of aromatic nitrogens is 2. The van der Waals surface area contributed by atoms with Gasteiger partial charge in [-0.15, -0.1) is 12.1 Å². The summed E-state index contributed by atoms with van der Waals surface area (Å²) in [7, 11) is 0. The van der Waals surface area contributed by atoms with Crippen molar-refractivity contribution in [3.63, 3.8) is 0 Å². The average Bonchev–Trinajstić information content (AvgIpc) is 2.07. The molecule has 1 rings (SSSR count). The summed E-state index contributed by atoms with van der Waals surface area (Å²) in [6.45, 7) is -2.78. The molecule has 0 atom stereocenters. The van der Waals surface area contributed by atoms with Crippen LogP contribution in [0, 0.1) is 0 Å². The maximum Gasteiger partial charge on any atom is 0.506 e. The van der Waals surface area contributed by atoms with Gasteiger partial charge >= 0.3 is 6.98 Å². The van der Waals surface area contributed by atoms with Gasteiger partial charge in [-0.3, -0.25) is 9.36 Å². The molecular formula is C7H7BF3N2O-. The highest BCUT2D eigenvalue weighted by Gasteiger charge is 2.26. The van der Waals surface area contributed by atoms with Crippen LogP contribution < -0.4 is 5.56 Å². The topological polar surface area (TPSA) is 34.9 Å². The smallest absolute Gasteiger partial charge is 0.445 e. The van der Waals surface area contributed by atoms with E-state index in [1.54, 1.807) is 0 Å². The van der Waals surface area contributed by atoms with Crippen LogP contribution in [0.3, 0.4) is 0 Å². The quantitative estimate of drug-likeness (QED) is 0.691. The standard InChI is InChI=1S/C7H7BF3N2O/c1-6(8(9,10)11)4-13-5-12-3-2-7(13)14/h2-3,5H,1,4H2/q-1. The van der Waals surface area contributed by atoms with Gasteiger partial charge in [0.05, 0.1) is 6.33 Å². The van der Waals surface area contributed by atoms with Crippen LogP contribution in [0.1, 0.15) is 0 Å². The molecule has 0 aliphatic rings. The molecule has 76 valence electrons. The van der Waals surface area contributed by atoms with Gasteiger partial charge in [0.25, 0.3) is 5.56 Å². The Hall–Kier alpha value is -1.53. The summed E-state index contributed by atoms with van der Waals surface area (Å²) < 4.78 is 37.1. The van der Waals surface area contributed by atoms with Crippen LogP contribution >= 0.6 is 0 Å². The molecule has 1 aromatic rings. The molecule has 0 spiro atoms. The molecule has 1 heterocycles. The van der Waals surface area contributed by atoms with E-state index in [1.807, 2.05) is 0 Å². The molecule has 0 aliphatic carbocycles. The second-order valence-electron chi connectivity index (χ2n) is 2.78. The van der Waals surface area contributed by atoms with E-state index in [0.29, 0.717) is 0 Å². The van der Waals surface area contributed by atoms with Crippen molar-refractivity contribution in [3.8, 4) is 0 Å². The SMILES string of the molecule is C=C(Cn1cnccc1=O)[B-](F)(F)F. The Morgan fingerprint density at radius 2 is 2.21 bits per heavy atom. The number of allylic oxidation sites excluding steroid dienone is 1. The fraction of sp³-hybridized carbons (Fsp3) is 0.143. The molecule has 0 bridgehead atoms. The summed E-state index contributed by atoms with van der Waals surface area (Å²) in [6.07, 6.45) is 2.27. The highest BCUT2D eigenvalue weighted by atomic mass is 19.4. The van der Waals surface area contributed by atoms with E-state index in [0.717, 1.165) is 17.0 Å². The molecule has 0 aliphatic heterocycles. The van der Waals surface area contributed by atoms with E-state index in [-0.39, 0.29) is 0 Å². The van der Waals surface area contributed by atoms with Crippen LogP contribution in [0.25, 0.3) is 0 Å². The third-order valence-electron chi connectivity index (χ3n) is 1.63. The zero-order chi connectivity index (χ0) is 10.8. The van der Waals surface area contributed by atoms with Crippen molar-refractivity contribution in [2.75, 3.05) is 0 Å². The largest absolute Gasteiger partial charge is 0.506 e. The molecule has 0 N–H and O–H groups in total. The van der Waals surface area contributed by atoms with Crippen molar-refractivity contribution in [2.45, 2.75) is 6.54 Å². The summed E-state index contributed by atoms with van der Waals surface area (Å²) in [5.74, 6) is 0. The first-order chi connectivity index (χ1) is 6.41. The van der Waals surface area contributed by atoms with E-state index >= 15 is 0 Å². The summed E-state index contributed by atoms with van der Waals surface area (Å²) >= 11 is 0. The van der Waals surface area contributed by atoms with Gasteiger partial charge in [-0.2, -0.15) is 0 Å². The Bertz CT molecular complexity index is 398. The lowest BCUT2D eigenvalue weighted by Gasteiger charge is -2.18. The number of nitrogens with zero attached hydrogens (tertiary/aromatic N) is 2. The summed E-state index contributed by atoms with van der Waals surface area (Å²) in [6, 6.07) is 1.09. The van der Waals surface area contributed by atoms with Crippen LogP contribution in [0.5, 0.6) is 0 Å². The lowest BCUT2D eigenvalue weighted by Crippen LogP contribution is -2.27. The number of halogens is 3. The first-order valence-corrected chi connectivity index (χ1v) is 3.79. The van der Waals surface area contributed by atoms with E-state index in [2.05, 4.69) is 11.6 Å². The molecule has 0 saturated carbocycles. The van der Waals surface area contributed by atoms with Crippen molar-refractivity contribution in [1.82, 2.24) is 9.55 Å². The first kappa shape index (κ1) is 10.6.